The molecule has 246 valence electrons. The third-order valence-electron chi connectivity index (χ3n) is 7.06. The molecule has 0 saturated carbocycles. The lowest BCUT2D eigenvalue weighted by Crippen LogP contribution is -2.44. The van der Waals surface area contributed by atoms with Gasteiger partial charge in [-0.1, -0.05) is 12.1 Å². The number of nitrogens with zero attached hydrogens (tertiary/aromatic N) is 5. The fraction of sp³-hybridized carbons (Fsp3) is 0.400. The summed E-state index contributed by atoms with van der Waals surface area (Å²) in [5.74, 6) is -4.94. The lowest BCUT2D eigenvalue weighted by atomic mass is 9.77. The second-order valence-electron chi connectivity index (χ2n) is 9.98. The Morgan fingerprint density at radius 2 is 1.38 bits per heavy atom. The Morgan fingerprint density at radius 3 is 1.80 bits per heavy atom. The van der Waals surface area contributed by atoms with Crippen LogP contribution in [0.1, 0.15) is 35.4 Å². The van der Waals surface area contributed by atoms with Crippen molar-refractivity contribution in [2.24, 2.45) is 12.8 Å². The summed E-state index contributed by atoms with van der Waals surface area (Å²) >= 11 is 0. The Bertz CT molecular complexity index is 1630. The van der Waals surface area contributed by atoms with E-state index in [4.69, 9.17) is 30.5 Å². The number of piperidine rings is 1. The maximum absolute atomic E-state index is 12.9. The molecule has 1 fully saturated rings. The maximum Gasteiger partial charge on any atom is 0.490 e. The van der Waals surface area contributed by atoms with Crippen LogP contribution in [0.25, 0.3) is 11.3 Å². The molecule has 3 aromatic rings. The summed E-state index contributed by atoms with van der Waals surface area (Å²) in [4.78, 5) is 37.9. The average Bonchev–Trinajstić information content (AvgIpc) is 3.66. The van der Waals surface area contributed by atoms with Gasteiger partial charge in [0, 0.05) is 43.9 Å². The number of aromatic nitrogens is 4. The van der Waals surface area contributed by atoms with Crippen LogP contribution in [0, 0.1) is 0 Å². The third-order valence-corrected chi connectivity index (χ3v) is 8.84. The summed E-state index contributed by atoms with van der Waals surface area (Å²) in [5.41, 5.74) is 7.69. The van der Waals surface area contributed by atoms with Gasteiger partial charge in [-0.15, -0.1) is 0 Å². The number of carboxylic acids is 2. The molecule has 2 aliphatic heterocycles. The van der Waals surface area contributed by atoms with Crippen LogP contribution in [-0.4, -0.2) is 85.3 Å². The number of hydrogen-bond acceptors (Lipinski definition) is 7. The van der Waals surface area contributed by atoms with Crippen molar-refractivity contribution in [1.29, 1.82) is 0 Å². The van der Waals surface area contributed by atoms with Crippen LogP contribution < -0.4 is 5.73 Å². The van der Waals surface area contributed by atoms with E-state index in [9.17, 15) is 39.6 Å². The van der Waals surface area contributed by atoms with E-state index in [1.54, 1.807) is 23.7 Å². The van der Waals surface area contributed by atoms with Gasteiger partial charge in [0.1, 0.15) is 5.82 Å². The highest BCUT2D eigenvalue weighted by atomic mass is 32.2. The van der Waals surface area contributed by atoms with E-state index in [2.05, 4.69) is 9.55 Å². The predicted molar refractivity (Wildman–Crippen MR) is 141 cm³/mol. The second kappa shape index (κ2) is 12.9. The number of rotatable bonds is 4. The van der Waals surface area contributed by atoms with Crippen LogP contribution >= 0.6 is 0 Å². The van der Waals surface area contributed by atoms with E-state index in [1.807, 2.05) is 18.3 Å². The van der Waals surface area contributed by atoms with Gasteiger partial charge in [-0.3, -0.25) is 4.79 Å². The topological polar surface area (TPSA) is 191 Å². The molecular weight excluding hydrogens is 642 g/mol. The number of aryl methyl sites for hydroxylation is 1. The number of sulfonamides is 1. The molecule has 13 nitrogen and oxygen atoms in total. The second-order valence-corrected chi connectivity index (χ2v) is 11.9. The van der Waals surface area contributed by atoms with Crippen molar-refractivity contribution in [3.63, 3.8) is 0 Å². The van der Waals surface area contributed by atoms with Crippen LogP contribution in [-0.2, 0) is 38.6 Å². The number of hydrogen-bond donors (Lipinski definition) is 3. The number of aliphatic carboxylic acids is 2. The molecule has 0 aliphatic carbocycles. The summed E-state index contributed by atoms with van der Waals surface area (Å²) in [5, 5.41) is 14.3. The highest BCUT2D eigenvalue weighted by Gasteiger charge is 2.46. The van der Waals surface area contributed by atoms with Crippen molar-refractivity contribution >= 4 is 27.9 Å². The molecular formula is C25H26F6N6O7S. The Balaban J connectivity index is 0.000000331. The summed E-state index contributed by atoms with van der Waals surface area (Å²) in [6.45, 7) is 1.75. The lowest BCUT2D eigenvalue weighted by Gasteiger charge is -2.37. The number of carboxylic acid groups (broad SMARTS) is 2. The van der Waals surface area contributed by atoms with Gasteiger partial charge in [0.25, 0.3) is 10.0 Å². The maximum atomic E-state index is 12.9. The number of carbonyl (C=O) groups is 3. The van der Waals surface area contributed by atoms with Crippen molar-refractivity contribution in [3.8, 4) is 11.3 Å². The first kappa shape index (κ1) is 35.0. The number of amides is 1. The number of primary amides is 1. The fourth-order valence-electron chi connectivity index (χ4n) is 4.78. The Kier molecular flexibility index (Phi) is 10.0. The van der Waals surface area contributed by atoms with Gasteiger partial charge in [0.05, 0.1) is 18.2 Å². The largest absolute Gasteiger partial charge is 0.490 e. The minimum atomic E-state index is -5.08. The summed E-state index contributed by atoms with van der Waals surface area (Å²) in [6.07, 6.45) is -2.85. The monoisotopic (exact) mass is 668 g/mol. The molecule has 1 aromatic carbocycles. The van der Waals surface area contributed by atoms with Gasteiger partial charge in [-0.05, 0) is 37.0 Å². The van der Waals surface area contributed by atoms with E-state index in [0.717, 1.165) is 42.9 Å². The number of fused-ring (bicyclic) bond motifs is 2. The summed E-state index contributed by atoms with van der Waals surface area (Å²) in [7, 11) is -1.82. The Labute approximate surface area is 250 Å². The Morgan fingerprint density at radius 1 is 0.889 bits per heavy atom. The van der Waals surface area contributed by atoms with Gasteiger partial charge in [0.15, 0.2) is 5.03 Å². The molecule has 4 N–H and O–H groups in total. The van der Waals surface area contributed by atoms with Crippen molar-refractivity contribution in [1.82, 2.24) is 23.4 Å². The van der Waals surface area contributed by atoms with Gasteiger partial charge >= 0.3 is 24.3 Å². The standard InChI is InChI=1S/C21H24N6O3S.2C2HF3O2/c1-25-13-18(24-14-25)31(29,30)26-9-6-21(7-10-26)8-11-27-17(12-23-20(21)27)15-2-4-16(5-3-15)19(22)28;2*3-2(4,5)1(6)7/h2-5,12-14H,6-11H2,1H3,(H2,22,28);2*(H,6,7). The van der Waals surface area contributed by atoms with Gasteiger partial charge in [0.2, 0.25) is 5.91 Å². The number of alkyl halides is 6. The van der Waals surface area contributed by atoms with Gasteiger partial charge in [-0.25, -0.2) is 28.0 Å². The van der Waals surface area contributed by atoms with Crippen LogP contribution in [0.4, 0.5) is 26.3 Å². The molecule has 1 amide bonds. The summed E-state index contributed by atoms with van der Waals surface area (Å²) in [6, 6.07) is 7.22. The molecule has 0 bridgehead atoms. The van der Waals surface area contributed by atoms with E-state index < -0.39 is 40.2 Å². The van der Waals surface area contributed by atoms with Crippen molar-refractivity contribution in [2.75, 3.05) is 13.1 Å². The van der Waals surface area contributed by atoms with Crippen LogP contribution in [0.2, 0.25) is 0 Å². The van der Waals surface area contributed by atoms with Crippen molar-refractivity contribution < 1.29 is 59.4 Å². The van der Waals surface area contributed by atoms with Crippen LogP contribution in [0.15, 0.2) is 48.0 Å². The molecule has 1 saturated heterocycles. The lowest BCUT2D eigenvalue weighted by molar-refractivity contribution is -0.193. The molecule has 5 rings (SSSR count). The molecule has 2 aliphatic rings. The van der Waals surface area contributed by atoms with Gasteiger partial charge in [-0.2, -0.15) is 30.6 Å². The predicted octanol–water partition coefficient (Wildman–Crippen LogP) is 2.78. The first-order valence-electron chi connectivity index (χ1n) is 12.7. The zero-order valence-corrected chi connectivity index (χ0v) is 24.0. The molecule has 2 aromatic heterocycles. The number of halogens is 6. The minimum Gasteiger partial charge on any atom is -0.475 e. The van der Waals surface area contributed by atoms with E-state index in [0.29, 0.717) is 18.7 Å². The molecule has 0 atom stereocenters. The van der Waals surface area contributed by atoms with E-state index in [-0.39, 0.29) is 10.4 Å². The summed E-state index contributed by atoms with van der Waals surface area (Å²) < 4.78 is 94.7. The number of carbonyl (C=O) groups excluding carboxylic acids is 1. The first-order chi connectivity index (χ1) is 20.7. The normalized spacial score (nSPS) is 16.2. The molecule has 20 heteroatoms. The van der Waals surface area contributed by atoms with E-state index in [1.165, 1.54) is 16.8 Å². The van der Waals surface area contributed by atoms with E-state index >= 15 is 0 Å². The molecule has 0 unspecified atom stereocenters. The highest BCUT2D eigenvalue weighted by molar-refractivity contribution is 7.89. The quantitative estimate of drug-likeness (QED) is 0.351. The third kappa shape index (κ3) is 7.98. The minimum absolute atomic E-state index is 0.0977. The number of nitrogens with two attached hydrogens (primary N) is 1. The van der Waals surface area contributed by atoms with Gasteiger partial charge < -0.3 is 25.1 Å². The highest BCUT2D eigenvalue weighted by Crippen LogP contribution is 2.45. The number of benzene rings is 1. The van der Waals surface area contributed by atoms with Crippen LogP contribution in [0.3, 0.4) is 0 Å². The molecule has 45 heavy (non-hydrogen) atoms. The molecule has 0 radical (unpaired) electrons. The molecule has 1 spiro atoms. The SMILES string of the molecule is Cn1cnc(S(=O)(=O)N2CCC3(CC2)CCn2c(-c4ccc(C(N)=O)cc4)cnc23)c1.O=C(O)C(F)(F)F.O=C(O)C(F)(F)F. The zero-order valence-electron chi connectivity index (χ0n) is 23.2. The molecule has 4 heterocycles. The number of imidazole rings is 2. The average molecular weight is 669 g/mol. The first-order valence-corrected chi connectivity index (χ1v) is 14.2. The Hall–Kier alpha value is -4.46. The van der Waals surface area contributed by atoms with Crippen molar-refractivity contribution in [3.05, 3.63) is 54.4 Å². The van der Waals surface area contributed by atoms with Crippen LogP contribution in [0.5, 0.6) is 0 Å². The van der Waals surface area contributed by atoms with Crippen molar-refractivity contribution in [2.45, 2.75) is 48.6 Å². The smallest absolute Gasteiger partial charge is 0.475 e. The fourth-order valence-corrected chi connectivity index (χ4v) is 6.19. The zero-order chi connectivity index (χ0) is 34.0.